The van der Waals surface area contributed by atoms with E-state index in [1.54, 1.807) is 19.1 Å². The van der Waals surface area contributed by atoms with E-state index in [2.05, 4.69) is 5.10 Å². The predicted molar refractivity (Wildman–Crippen MR) is 79.2 cm³/mol. The Hall–Kier alpha value is -2.50. The molecule has 0 radical (unpaired) electrons. The Morgan fingerprint density at radius 1 is 1.32 bits per heavy atom. The summed E-state index contributed by atoms with van der Waals surface area (Å²) >= 11 is 0. The molecule has 5 nitrogen and oxygen atoms in total. The van der Waals surface area contributed by atoms with Crippen molar-refractivity contribution in [2.75, 3.05) is 11.4 Å². The molecule has 22 heavy (non-hydrogen) atoms. The van der Waals surface area contributed by atoms with Gasteiger partial charge in [-0.25, -0.2) is 9.07 Å². The van der Waals surface area contributed by atoms with Gasteiger partial charge in [0.2, 0.25) is 5.91 Å². The van der Waals surface area contributed by atoms with E-state index in [9.17, 15) is 14.0 Å². The Kier molecular flexibility index (Phi) is 3.52. The topological polar surface area (TPSA) is 55.2 Å². The lowest BCUT2D eigenvalue weighted by atomic mass is 10.1. The molecule has 1 atom stereocenters. The first kappa shape index (κ1) is 14.4. The van der Waals surface area contributed by atoms with Crippen LogP contribution in [-0.4, -0.2) is 28.1 Å². The molecule has 1 unspecified atom stereocenters. The summed E-state index contributed by atoms with van der Waals surface area (Å²) in [6, 6.07) is 7.65. The fourth-order valence-electron chi connectivity index (χ4n) is 2.79. The molecule has 1 aliphatic heterocycles. The average molecular weight is 301 g/mol. The van der Waals surface area contributed by atoms with E-state index in [1.807, 2.05) is 13.0 Å². The van der Waals surface area contributed by atoms with E-state index in [0.29, 0.717) is 5.69 Å². The molecule has 1 saturated heterocycles. The van der Waals surface area contributed by atoms with Crippen LogP contribution in [0.5, 0.6) is 0 Å². The minimum absolute atomic E-state index is 0.119. The third kappa shape index (κ3) is 2.52. The first-order valence-corrected chi connectivity index (χ1v) is 7.09. The van der Waals surface area contributed by atoms with Gasteiger partial charge in [-0.2, -0.15) is 5.10 Å². The number of carbonyl (C=O) groups excluding carboxylic acids is 2. The van der Waals surface area contributed by atoms with Gasteiger partial charge in [0.15, 0.2) is 0 Å². The first-order valence-electron chi connectivity index (χ1n) is 7.09. The van der Waals surface area contributed by atoms with Crippen molar-refractivity contribution < 1.29 is 14.0 Å². The van der Waals surface area contributed by atoms with E-state index in [-0.39, 0.29) is 24.8 Å². The largest absolute Gasteiger partial charge is 0.311 e. The van der Waals surface area contributed by atoms with E-state index in [0.717, 1.165) is 11.4 Å². The van der Waals surface area contributed by atoms with Crippen molar-refractivity contribution in [2.45, 2.75) is 20.3 Å². The van der Waals surface area contributed by atoms with Crippen LogP contribution in [0.4, 0.5) is 10.1 Å². The van der Waals surface area contributed by atoms with Crippen LogP contribution in [-0.2, 0) is 4.79 Å². The van der Waals surface area contributed by atoms with E-state index < -0.39 is 11.7 Å². The lowest BCUT2D eigenvalue weighted by Crippen LogP contribution is -2.28. The standard InChI is InChI=1S/C16H16FN3O2/c1-10-6-11(2)20(18-10)16(22)12-7-15(21)19(9-12)14-5-3-4-13(17)8-14/h3-6,8,12H,7,9H2,1-2H3. The molecular weight excluding hydrogens is 285 g/mol. The second-order valence-corrected chi connectivity index (χ2v) is 5.56. The number of anilines is 1. The van der Waals surface area contributed by atoms with Gasteiger partial charge in [0, 0.05) is 24.3 Å². The molecule has 1 amide bonds. The fraction of sp³-hybridized carbons (Fsp3) is 0.312. The van der Waals surface area contributed by atoms with Gasteiger partial charge in [0.1, 0.15) is 5.82 Å². The zero-order valence-corrected chi connectivity index (χ0v) is 12.4. The van der Waals surface area contributed by atoms with Gasteiger partial charge >= 0.3 is 0 Å². The van der Waals surface area contributed by atoms with E-state index in [1.165, 1.54) is 21.7 Å². The smallest absolute Gasteiger partial charge is 0.252 e. The number of hydrogen-bond donors (Lipinski definition) is 0. The molecule has 2 aromatic rings. The SMILES string of the molecule is Cc1cc(C)n(C(=O)C2CC(=O)N(c3cccc(F)c3)C2)n1. The molecule has 1 aromatic heterocycles. The zero-order valence-electron chi connectivity index (χ0n) is 12.4. The van der Waals surface area contributed by atoms with Gasteiger partial charge in [-0.15, -0.1) is 0 Å². The minimum atomic E-state index is -0.464. The van der Waals surface area contributed by atoms with Crippen molar-refractivity contribution in [3.8, 4) is 0 Å². The van der Waals surface area contributed by atoms with Crippen LogP contribution in [0.1, 0.15) is 22.6 Å². The molecular formula is C16H16FN3O2. The Labute approximate surface area is 127 Å². The maximum Gasteiger partial charge on any atom is 0.252 e. The molecule has 0 bridgehead atoms. The molecule has 0 spiro atoms. The summed E-state index contributed by atoms with van der Waals surface area (Å²) < 4.78 is 14.7. The Bertz CT molecular complexity index is 754. The second kappa shape index (κ2) is 5.36. The number of benzene rings is 1. The molecule has 0 saturated carbocycles. The first-order chi connectivity index (χ1) is 10.5. The number of carbonyl (C=O) groups is 2. The predicted octanol–water partition coefficient (Wildman–Crippen LogP) is 2.33. The third-order valence-corrected chi connectivity index (χ3v) is 3.81. The molecule has 0 N–H and O–H groups in total. The van der Waals surface area contributed by atoms with Crippen LogP contribution in [0, 0.1) is 25.6 Å². The highest BCUT2D eigenvalue weighted by Crippen LogP contribution is 2.26. The van der Waals surface area contributed by atoms with Crippen LogP contribution >= 0.6 is 0 Å². The van der Waals surface area contributed by atoms with Gasteiger partial charge < -0.3 is 4.90 Å². The summed E-state index contributed by atoms with van der Waals surface area (Å²) in [4.78, 5) is 26.1. The van der Waals surface area contributed by atoms with Crippen molar-refractivity contribution in [3.63, 3.8) is 0 Å². The van der Waals surface area contributed by atoms with Crippen molar-refractivity contribution in [2.24, 2.45) is 5.92 Å². The molecule has 2 heterocycles. The van der Waals surface area contributed by atoms with Crippen LogP contribution in [0.25, 0.3) is 0 Å². The molecule has 3 rings (SSSR count). The Morgan fingerprint density at radius 3 is 2.73 bits per heavy atom. The van der Waals surface area contributed by atoms with Crippen LogP contribution < -0.4 is 4.90 Å². The molecule has 1 aliphatic rings. The van der Waals surface area contributed by atoms with Crippen molar-refractivity contribution >= 4 is 17.5 Å². The zero-order chi connectivity index (χ0) is 15.9. The average Bonchev–Trinajstić information content (AvgIpc) is 3.01. The molecule has 0 aliphatic carbocycles. The quantitative estimate of drug-likeness (QED) is 0.855. The van der Waals surface area contributed by atoms with Crippen molar-refractivity contribution in [3.05, 3.63) is 47.5 Å². The molecule has 114 valence electrons. The summed E-state index contributed by atoms with van der Waals surface area (Å²) in [6.45, 7) is 3.87. The highest BCUT2D eigenvalue weighted by Gasteiger charge is 2.36. The monoisotopic (exact) mass is 301 g/mol. The van der Waals surface area contributed by atoms with Crippen molar-refractivity contribution in [1.29, 1.82) is 0 Å². The summed E-state index contributed by atoms with van der Waals surface area (Å²) in [6.07, 6.45) is 0.119. The summed E-state index contributed by atoms with van der Waals surface area (Å²) in [7, 11) is 0. The van der Waals surface area contributed by atoms with Gasteiger partial charge in [0.05, 0.1) is 11.6 Å². The second-order valence-electron chi connectivity index (χ2n) is 5.56. The van der Waals surface area contributed by atoms with Gasteiger partial charge in [-0.3, -0.25) is 9.59 Å². The van der Waals surface area contributed by atoms with Crippen molar-refractivity contribution in [1.82, 2.24) is 9.78 Å². The van der Waals surface area contributed by atoms with E-state index >= 15 is 0 Å². The number of aryl methyl sites for hydroxylation is 2. The summed E-state index contributed by atoms with van der Waals surface area (Å²) in [5, 5.41) is 4.17. The summed E-state index contributed by atoms with van der Waals surface area (Å²) in [5.74, 6) is -1.24. The number of amides is 1. The molecule has 1 fully saturated rings. The van der Waals surface area contributed by atoms with Gasteiger partial charge in [-0.1, -0.05) is 6.07 Å². The Morgan fingerprint density at radius 2 is 2.09 bits per heavy atom. The highest BCUT2D eigenvalue weighted by atomic mass is 19.1. The third-order valence-electron chi connectivity index (χ3n) is 3.81. The van der Waals surface area contributed by atoms with E-state index in [4.69, 9.17) is 0 Å². The van der Waals surface area contributed by atoms with Crippen LogP contribution in [0.3, 0.4) is 0 Å². The highest BCUT2D eigenvalue weighted by molar-refractivity contribution is 6.00. The van der Waals surface area contributed by atoms with Crippen LogP contribution in [0.15, 0.2) is 30.3 Å². The summed E-state index contributed by atoms with van der Waals surface area (Å²) in [5.41, 5.74) is 1.99. The number of aromatic nitrogens is 2. The maximum atomic E-state index is 13.3. The van der Waals surface area contributed by atoms with Gasteiger partial charge in [0.25, 0.3) is 5.91 Å². The van der Waals surface area contributed by atoms with Crippen LogP contribution in [0.2, 0.25) is 0 Å². The number of hydrogen-bond acceptors (Lipinski definition) is 3. The number of nitrogens with zero attached hydrogens (tertiary/aromatic N) is 3. The van der Waals surface area contributed by atoms with Gasteiger partial charge in [-0.05, 0) is 38.1 Å². The Balaban J connectivity index is 1.83. The lowest BCUT2D eigenvalue weighted by Gasteiger charge is -2.16. The molecule has 6 heteroatoms. The number of halogens is 1. The number of rotatable bonds is 2. The lowest BCUT2D eigenvalue weighted by molar-refractivity contribution is -0.117. The minimum Gasteiger partial charge on any atom is -0.311 e. The molecule has 1 aromatic carbocycles. The fourth-order valence-corrected chi connectivity index (χ4v) is 2.79. The maximum absolute atomic E-state index is 13.3. The normalized spacial score (nSPS) is 18.0.